The van der Waals surface area contributed by atoms with Crippen molar-refractivity contribution in [2.24, 2.45) is 5.92 Å². The van der Waals surface area contributed by atoms with Gasteiger partial charge in [-0.1, -0.05) is 13.8 Å². The Bertz CT molecular complexity index is 173. The van der Waals surface area contributed by atoms with Crippen LogP contribution >= 0.6 is 0 Å². The molecule has 0 amide bonds. The highest BCUT2D eigenvalue weighted by atomic mass is 16.6. The van der Waals surface area contributed by atoms with E-state index in [1.807, 2.05) is 0 Å². The first kappa shape index (κ1) is 14.9. The van der Waals surface area contributed by atoms with Gasteiger partial charge < -0.3 is 9.47 Å². The first-order valence-electron chi connectivity index (χ1n) is 6.00. The molecule has 0 aromatic heterocycles. The fourth-order valence-corrected chi connectivity index (χ4v) is 1.25. The van der Waals surface area contributed by atoms with Crippen LogP contribution < -0.4 is 0 Å². The second-order valence-electron chi connectivity index (χ2n) is 5.47. The third-order valence-corrected chi connectivity index (χ3v) is 3.03. The number of ether oxygens (including phenoxy) is 2. The summed E-state index contributed by atoms with van der Waals surface area (Å²) >= 11 is 0. The summed E-state index contributed by atoms with van der Waals surface area (Å²) in [5.41, 5.74) is -0.0893. The Morgan fingerprint density at radius 3 is 1.60 bits per heavy atom. The van der Waals surface area contributed by atoms with Gasteiger partial charge in [-0.05, 0) is 47.5 Å². The average molecular weight is 216 g/mol. The van der Waals surface area contributed by atoms with Gasteiger partial charge in [0.1, 0.15) is 0 Å². The maximum atomic E-state index is 6.04. The monoisotopic (exact) mass is 216 g/mol. The van der Waals surface area contributed by atoms with E-state index in [9.17, 15) is 0 Å². The third kappa shape index (κ3) is 5.53. The summed E-state index contributed by atoms with van der Waals surface area (Å²) in [5, 5.41) is 0. The van der Waals surface area contributed by atoms with Gasteiger partial charge in [-0.3, -0.25) is 0 Å². The van der Waals surface area contributed by atoms with Crippen LogP contribution in [0.15, 0.2) is 0 Å². The standard InChI is InChI=1S/C13H28O2/c1-9(2)13(7,8)15-12(6)11(5)14-10(3)4/h9-12H,1-8H3. The van der Waals surface area contributed by atoms with Crippen LogP contribution in [-0.2, 0) is 9.47 Å². The zero-order chi connectivity index (χ0) is 12.2. The first-order chi connectivity index (χ1) is 6.66. The Kier molecular flexibility index (Phi) is 5.82. The molecule has 0 aliphatic heterocycles. The van der Waals surface area contributed by atoms with Crippen LogP contribution in [0.25, 0.3) is 0 Å². The Labute approximate surface area is 95.3 Å². The van der Waals surface area contributed by atoms with Crippen molar-refractivity contribution in [1.82, 2.24) is 0 Å². The van der Waals surface area contributed by atoms with Gasteiger partial charge >= 0.3 is 0 Å². The Morgan fingerprint density at radius 2 is 1.27 bits per heavy atom. The van der Waals surface area contributed by atoms with Crippen LogP contribution in [-0.4, -0.2) is 23.9 Å². The van der Waals surface area contributed by atoms with Crippen molar-refractivity contribution in [2.75, 3.05) is 0 Å². The molecule has 0 heterocycles. The van der Waals surface area contributed by atoms with Crippen LogP contribution in [0.4, 0.5) is 0 Å². The molecule has 0 radical (unpaired) electrons. The zero-order valence-corrected chi connectivity index (χ0v) is 11.6. The van der Waals surface area contributed by atoms with E-state index in [1.165, 1.54) is 0 Å². The second-order valence-corrected chi connectivity index (χ2v) is 5.47. The normalized spacial score (nSPS) is 17.2. The van der Waals surface area contributed by atoms with E-state index >= 15 is 0 Å². The van der Waals surface area contributed by atoms with Crippen LogP contribution in [0.5, 0.6) is 0 Å². The predicted octanol–water partition coefficient (Wildman–Crippen LogP) is 3.64. The van der Waals surface area contributed by atoms with Crippen LogP contribution in [0.2, 0.25) is 0 Å². The lowest BCUT2D eigenvalue weighted by Crippen LogP contribution is -2.40. The molecule has 0 spiro atoms. The lowest BCUT2D eigenvalue weighted by molar-refractivity contribution is -0.148. The maximum Gasteiger partial charge on any atom is 0.0813 e. The van der Waals surface area contributed by atoms with Gasteiger partial charge in [-0.2, -0.15) is 0 Å². The molecule has 92 valence electrons. The Balaban J connectivity index is 4.17. The minimum Gasteiger partial charge on any atom is -0.373 e. The van der Waals surface area contributed by atoms with Gasteiger partial charge in [0.05, 0.1) is 23.9 Å². The van der Waals surface area contributed by atoms with E-state index in [4.69, 9.17) is 9.47 Å². The van der Waals surface area contributed by atoms with Gasteiger partial charge in [0.25, 0.3) is 0 Å². The number of hydrogen-bond acceptors (Lipinski definition) is 2. The minimum absolute atomic E-state index is 0.0893. The highest BCUT2D eigenvalue weighted by molar-refractivity contribution is 4.76. The van der Waals surface area contributed by atoms with E-state index in [1.54, 1.807) is 0 Å². The van der Waals surface area contributed by atoms with Crippen LogP contribution in [0, 0.1) is 5.92 Å². The SMILES string of the molecule is CC(C)OC(C)C(C)OC(C)(C)C(C)C. The van der Waals surface area contributed by atoms with Crippen molar-refractivity contribution in [2.45, 2.75) is 79.3 Å². The van der Waals surface area contributed by atoms with Crippen molar-refractivity contribution in [3.05, 3.63) is 0 Å². The lowest BCUT2D eigenvalue weighted by atomic mass is 9.94. The van der Waals surface area contributed by atoms with Crippen LogP contribution in [0.1, 0.15) is 55.4 Å². The summed E-state index contributed by atoms with van der Waals surface area (Å²) in [6.07, 6.45) is 0.529. The molecular formula is C13H28O2. The maximum absolute atomic E-state index is 6.04. The smallest absolute Gasteiger partial charge is 0.0813 e. The molecule has 0 rings (SSSR count). The van der Waals surface area contributed by atoms with E-state index in [-0.39, 0.29) is 23.9 Å². The summed E-state index contributed by atoms with van der Waals surface area (Å²) in [7, 11) is 0. The van der Waals surface area contributed by atoms with E-state index in [2.05, 4.69) is 55.4 Å². The molecule has 0 aromatic carbocycles. The van der Waals surface area contributed by atoms with E-state index in [0.29, 0.717) is 5.92 Å². The quantitative estimate of drug-likeness (QED) is 0.675. The highest BCUT2D eigenvalue weighted by Gasteiger charge is 2.28. The van der Waals surface area contributed by atoms with Gasteiger partial charge in [0.15, 0.2) is 0 Å². The van der Waals surface area contributed by atoms with Crippen molar-refractivity contribution < 1.29 is 9.47 Å². The van der Waals surface area contributed by atoms with Crippen molar-refractivity contribution >= 4 is 0 Å². The molecule has 2 unspecified atom stereocenters. The van der Waals surface area contributed by atoms with E-state index in [0.717, 1.165) is 0 Å². The lowest BCUT2D eigenvalue weighted by Gasteiger charge is -2.35. The topological polar surface area (TPSA) is 18.5 Å². The molecule has 15 heavy (non-hydrogen) atoms. The molecule has 0 saturated heterocycles. The molecule has 0 N–H and O–H groups in total. The van der Waals surface area contributed by atoms with Gasteiger partial charge in [0.2, 0.25) is 0 Å². The van der Waals surface area contributed by atoms with Gasteiger partial charge in [-0.25, -0.2) is 0 Å². The van der Waals surface area contributed by atoms with Crippen molar-refractivity contribution in [1.29, 1.82) is 0 Å². The molecule has 0 bridgehead atoms. The summed E-state index contributed by atoms with van der Waals surface area (Å²) in [6, 6.07) is 0. The van der Waals surface area contributed by atoms with E-state index < -0.39 is 0 Å². The summed E-state index contributed by atoms with van der Waals surface area (Å²) in [4.78, 5) is 0. The molecular weight excluding hydrogens is 188 g/mol. The molecule has 0 saturated carbocycles. The summed E-state index contributed by atoms with van der Waals surface area (Å²) in [5.74, 6) is 0.506. The predicted molar refractivity (Wildman–Crippen MR) is 65.1 cm³/mol. The summed E-state index contributed by atoms with van der Waals surface area (Å²) < 4.78 is 11.7. The van der Waals surface area contributed by atoms with Crippen LogP contribution in [0.3, 0.4) is 0 Å². The van der Waals surface area contributed by atoms with Crippen molar-refractivity contribution in [3.8, 4) is 0 Å². The average Bonchev–Trinajstić information content (AvgIpc) is 2.01. The Hall–Kier alpha value is -0.0800. The molecule has 0 aliphatic rings. The first-order valence-corrected chi connectivity index (χ1v) is 6.00. The molecule has 0 fully saturated rings. The highest BCUT2D eigenvalue weighted by Crippen LogP contribution is 2.24. The van der Waals surface area contributed by atoms with Crippen molar-refractivity contribution in [3.63, 3.8) is 0 Å². The molecule has 2 atom stereocenters. The minimum atomic E-state index is -0.0893. The number of rotatable bonds is 6. The molecule has 2 heteroatoms. The molecule has 0 aromatic rings. The second kappa shape index (κ2) is 5.86. The molecule has 0 aliphatic carbocycles. The third-order valence-electron chi connectivity index (χ3n) is 3.03. The largest absolute Gasteiger partial charge is 0.373 e. The fraction of sp³-hybridized carbons (Fsp3) is 1.00. The molecule has 2 nitrogen and oxygen atoms in total. The summed E-state index contributed by atoms with van der Waals surface area (Å²) in [6.45, 7) is 16.9. The zero-order valence-electron chi connectivity index (χ0n) is 11.6. The number of hydrogen-bond donors (Lipinski definition) is 0. The van der Waals surface area contributed by atoms with Gasteiger partial charge in [0, 0.05) is 0 Å². The Morgan fingerprint density at radius 1 is 0.800 bits per heavy atom. The fourth-order valence-electron chi connectivity index (χ4n) is 1.25. The van der Waals surface area contributed by atoms with Gasteiger partial charge in [-0.15, -0.1) is 0 Å².